The standard InChI is InChI=1S/C15H12BrN3S/c16-10-3-1-4-11(9-10)19-15-12(6-7-17-15)14(18-19)13-5-2-8-20-13/h1-5,8-9,17H,6-7H2. The van der Waals surface area contributed by atoms with Crippen LogP contribution >= 0.6 is 27.3 Å². The van der Waals surface area contributed by atoms with Gasteiger partial charge in [0, 0.05) is 16.6 Å². The Hall–Kier alpha value is -1.59. The van der Waals surface area contributed by atoms with Gasteiger partial charge in [-0.2, -0.15) is 5.10 Å². The second kappa shape index (κ2) is 4.75. The maximum Gasteiger partial charge on any atom is 0.133 e. The summed E-state index contributed by atoms with van der Waals surface area (Å²) in [5.41, 5.74) is 3.51. The Labute approximate surface area is 129 Å². The molecule has 1 aliphatic rings. The van der Waals surface area contributed by atoms with E-state index >= 15 is 0 Å². The van der Waals surface area contributed by atoms with E-state index in [9.17, 15) is 0 Å². The number of benzene rings is 1. The summed E-state index contributed by atoms with van der Waals surface area (Å²) < 4.78 is 3.08. The van der Waals surface area contributed by atoms with Crippen molar-refractivity contribution in [3.8, 4) is 16.3 Å². The molecule has 0 radical (unpaired) electrons. The highest BCUT2D eigenvalue weighted by molar-refractivity contribution is 9.10. The Morgan fingerprint density at radius 1 is 1.25 bits per heavy atom. The van der Waals surface area contributed by atoms with E-state index in [1.165, 1.54) is 10.4 Å². The Kier molecular flexibility index (Phi) is 2.89. The van der Waals surface area contributed by atoms with Gasteiger partial charge in [-0.3, -0.25) is 0 Å². The third-order valence-electron chi connectivity index (χ3n) is 3.46. The quantitative estimate of drug-likeness (QED) is 0.748. The molecule has 1 N–H and O–H groups in total. The summed E-state index contributed by atoms with van der Waals surface area (Å²) in [6.45, 7) is 0.986. The number of hydrogen-bond donors (Lipinski definition) is 1. The van der Waals surface area contributed by atoms with Crippen molar-refractivity contribution in [2.45, 2.75) is 6.42 Å². The largest absolute Gasteiger partial charge is 0.369 e. The normalized spacial score (nSPS) is 13.2. The lowest BCUT2D eigenvalue weighted by atomic mass is 10.2. The van der Waals surface area contributed by atoms with Crippen molar-refractivity contribution in [3.63, 3.8) is 0 Å². The summed E-state index contributed by atoms with van der Waals surface area (Å²) in [6.07, 6.45) is 1.04. The summed E-state index contributed by atoms with van der Waals surface area (Å²) >= 11 is 5.27. The molecule has 3 heterocycles. The number of hydrogen-bond acceptors (Lipinski definition) is 3. The van der Waals surface area contributed by atoms with Gasteiger partial charge >= 0.3 is 0 Å². The maximum absolute atomic E-state index is 4.83. The molecule has 0 aliphatic carbocycles. The van der Waals surface area contributed by atoms with Crippen molar-refractivity contribution < 1.29 is 0 Å². The van der Waals surface area contributed by atoms with Crippen molar-refractivity contribution in [2.75, 3.05) is 11.9 Å². The molecule has 0 unspecified atom stereocenters. The van der Waals surface area contributed by atoms with Gasteiger partial charge in [0.15, 0.2) is 0 Å². The minimum Gasteiger partial charge on any atom is -0.369 e. The van der Waals surface area contributed by atoms with E-state index in [1.807, 2.05) is 16.8 Å². The van der Waals surface area contributed by atoms with Crippen molar-refractivity contribution in [1.82, 2.24) is 9.78 Å². The van der Waals surface area contributed by atoms with Gasteiger partial charge in [0.2, 0.25) is 0 Å². The molecule has 20 heavy (non-hydrogen) atoms. The molecule has 0 amide bonds. The highest BCUT2D eigenvalue weighted by atomic mass is 79.9. The number of halogens is 1. The van der Waals surface area contributed by atoms with Crippen LogP contribution in [-0.4, -0.2) is 16.3 Å². The molecule has 0 spiro atoms. The molecule has 1 aliphatic heterocycles. The van der Waals surface area contributed by atoms with Gasteiger partial charge in [0.25, 0.3) is 0 Å². The van der Waals surface area contributed by atoms with Crippen LogP contribution in [-0.2, 0) is 6.42 Å². The van der Waals surface area contributed by atoms with Crippen molar-refractivity contribution in [2.24, 2.45) is 0 Å². The number of rotatable bonds is 2. The Bertz CT molecular complexity index is 762. The van der Waals surface area contributed by atoms with Crippen LogP contribution in [0.25, 0.3) is 16.3 Å². The second-order valence-corrected chi connectivity index (χ2v) is 6.58. The summed E-state index contributed by atoms with van der Waals surface area (Å²) in [7, 11) is 0. The van der Waals surface area contributed by atoms with Crippen LogP contribution in [0.5, 0.6) is 0 Å². The van der Waals surface area contributed by atoms with Gasteiger partial charge in [0.05, 0.1) is 10.6 Å². The summed E-state index contributed by atoms with van der Waals surface area (Å²) in [4.78, 5) is 1.23. The van der Waals surface area contributed by atoms with Crippen molar-refractivity contribution in [3.05, 3.63) is 51.8 Å². The zero-order chi connectivity index (χ0) is 13.5. The summed E-state index contributed by atoms with van der Waals surface area (Å²) in [5, 5.41) is 10.4. The van der Waals surface area contributed by atoms with Crippen LogP contribution in [0.15, 0.2) is 46.3 Å². The first kappa shape index (κ1) is 12.2. The molecule has 1 aromatic carbocycles. The van der Waals surface area contributed by atoms with Gasteiger partial charge in [-0.15, -0.1) is 11.3 Å². The molecular formula is C15H12BrN3S. The Balaban J connectivity index is 1.92. The topological polar surface area (TPSA) is 29.9 Å². The Morgan fingerprint density at radius 3 is 3.00 bits per heavy atom. The molecule has 3 aromatic rings. The number of nitrogens with one attached hydrogen (secondary N) is 1. The molecule has 100 valence electrons. The lowest BCUT2D eigenvalue weighted by molar-refractivity contribution is 0.883. The van der Waals surface area contributed by atoms with E-state index < -0.39 is 0 Å². The molecule has 3 nitrogen and oxygen atoms in total. The highest BCUT2D eigenvalue weighted by Gasteiger charge is 2.24. The predicted octanol–water partition coefficient (Wildman–Crippen LogP) is 4.33. The first-order valence-electron chi connectivity index (χ1n) is 6.48. The van der Waals surface area contributed by atoms with Crippen molar-refractivity contribution >= 4 is 33.1 Å². The molecule has 5 heteroatoms. The third-order valence-corrected chi connectivity index (χ3v) is 4.83. The minimum absolute atomic E-state index is 0.986. The van der Waals surface area contributed by atoms with Gasteiger partial charge in [0.1, 0.15) is 11.5 Å². The predicted molar refractivity (Wildman–Crippen MR) is 86.8 cm³/mol. The number of anilines is 1. The lowest BCUT2D eigenvalue weighted by Gasteiger charge is -2.06. The van der Waals surface area contributed by atoms with E-state index in [0.717, 1.165) is 34.6 Å². The highest BCUT2D eigenvalue weighted by Crippen LogP contribution is 2.36. The fraction of sp³-hybridized carbons (Fsp3) is 0.133. The first-order chi connectivity index (χ1) is 9.83. The van der Waals surface area contributed by atoms with Crippen LogP contribution in [0.4, 0.5) is 5.82 Å². The summed E-state index contributed by atoms with van der Waals surface area (Å²) in [5.74, 6) is 1.13. The van der Waals surface area contributed by atoms with E-state index in [1.54, 1.807) is 11.3 Å². The zero-order valence-electron chi connectivity index (χ0n) is 10.6. The molecule has 2 aromatic heterocycles. The van der Waals surface area contributed by atoms with E-state index in [2.05, 4.69) is 50.9 Å². The maximum atomic E-state index is 4.83. The Morgan fingerprint density at radius 2 is 2.20 bits per heavy atom. The second-order valence-electron chi connectivity index (χ2n) is 4.72. The monoisotopic (exact) mass is 345 g/mol. The smallest absolute Gasteiger partial charge is 0.133 e. The number of thiophene rings is 1. The minimum atomic E-state index is 0.986. The lowest BCUT2D eigenvalue weighted by Crippen LogP contribution is -2.04. The van der Waals surface area contributed by atoms with Gasteiger partial charge in [-0.05, 0) is 36.1 Å². The van der Waals surface area contributed by atoms with Crippen molar-refractivity contribution in [1.29, 1.82) is 0 Å². The van der Waals surface area contributed by atoms with Gasteiger partial charge in [-0.1, -0.05) is 28.1 Å². The van der Waals surface area contributed by atoms with Gasteiger partial charge < -0.3 is 5.32 Å². The molecule has 0 saturated heterocycles. The van der Waals surface area contributed by atoms with E-state index in [0.29, 0.717) is 0 Å². The third kappa shape index (κ3) is 1.89. The van der Waals surface area contributed by atoms with Crippen LogP contribution in [0, 0.1) is 0 Å². The fourth-order valence-electron chi connectivity index (χ4n) is 2.58. The molecular weight excluding hydrogens is 334 g/mol. The first-order valence-corrected chi connectivity index (χ1v) is 8.16. The molecule has 0 saturated carbocycles. The number of nitrogens with zero attached hydrogens (tertiary/aromatic N) is 2. The fourth-order valence-corrected chi connectivity index (χ4v) is 3.70. The van der Waals surface area contributed by atoms with Crippen LogP contribution in [0.2, 0.25) is 0 Å². The van der Waals surface area contributed by atoms with E-state index in [-0.39, 0.29) is 0 Å². The zero-order valence-corrected chi connectivity index (χ0v) is 13.0. The number of aromatic nitrogens is 2. The van der Waals surface area contributed by atoms with E-state index in [4.69, 9.17) is 5.10 Å². The van der Waals surface area contributed by atoms with Crippen LogP contribution in [0.1, 0.15) is 5.56 Å². The average Bonchev–Trinajstić information content (AvgIpc) is 3.15. The summed E-state index contributed by atoms with van der Waals surface area (Å²) in [6, 6.07) is 12.4. The molecule has 0 fully saturated rings. The number of fused-ring (bicyclic) bond motifs is 1. The molecule has 4 rings (SSSR count). The molecule has 0 atom stereocenters. The average molecular weight is 346 g/mol. The van der Waals surface area contributed by atoms with Gasteiger partial charge in [-0.25, -0.2) is 4.68 Å². The molecule has 0 bridgehead atoms. The van der Waals surface area contributed by atoms with Crippen LogP contribution < -0.4 is 5.32 Å². The van der Waals surface area contributed by atoms with Crippen LogP contribution in [0.3, 0.4) is 0 Å². The SMILES string of the molecule is Brc1cccc(-n2nc(-c3cccs3)c3c2NCC3)c1.